The highest BCUT2D eigenvalue weighted by atomic mass is 16.2. The van der Waals surface area contributed by atoms with Crippen LogP contribution in [0.3, 0.4) is 0 Å². The van der Waals surface area contributed by atoms with Gasteiger partial charge in [-0.25, -0.2) is 4.79 Å². The Morgan fingerprint density at radius 1 is 1.05 bits per heavy atom. The highest BCUT2D eigenvalue weighted by molar-refractivity contribution is 5.96. The van der Waals surface area contributed by atoms with Gasteiger partial charge >= 0.3 is 6.03 Å². The van der Waals surface area contributed by atoms with Gasteiger partial charge in [-0.05, 0) is 27.7 Å². The van der Waals surface area contributed by atoms with Crippen molar-refractivity contribution in [3.8, 4) is 0 Å². The summed E-state index contributed by atoms with van der Waals surface area (Å²) in [6.45, 7) is 7.51. The molecule has 0 unspecified atom stereocenters. The van der Waals surface area contributed by atoms with E-state index in [1.54, 1.807) is 6.92 Å². The van der Waals surface area contributed by atoms with Crippen LogP contribution >= 0.6 is 0 Å². The Morgan fingerprint density at radius 2 is 1.65 bits per heavy atom. The Bertz CT molecular complexity index is 446. The van der Waals surface area contributed by atoms with E-state index in [9.17, 15) is 9.59 Å². The molecule has 20 heavy (non-hydrogen) atoms. The highest BCUT2D eigenvalue weighted by Gasteiger charge is 2.21. The zero-order chi connectivity index (χ0) is 15.1. The molecule has 1 aromatic carbocycles. The minimum Gasteiger partial charge on any atom is -0.336 e. The number of nitrogens with two attached hydrogens (primary N) is 1. The van der Waals surface area contributed by atoms with Gasteiger partial charge in [-0.15, -0.1) is 0 Å². The molecule has 5 nitrogen and oxygen atoms in total. The second-order valence-electron chi connectivity index (χ2n) is 5.30. The van der Waals surface area contributed by atoms with E-state index in [2.05, 4.69) is 10.6 Å². The van der Waals surface area contributed by atoms with E-state index in [0.717, 1.165) is 5.56 Å². The third-order valence-electron chi connectivity index (χ3n) is 2.97. The molecule has 5 heteroatoms. The molecule has 0 bridgehead atoms. The molecule has 110 valence electrons. The Kier molecular flexibility index (Phi) is 6.18. The quantitative estimate of drug-likeness (QED) is 0.749. The van der Waals surface area contributed by atoms with E-state index in [4.69, 9.17) is 0 Å². The summed E-state index contributed by atoms with van der Waals surface area (Å²) in [7, 11) is 0. The fraction of sp³-hybridized carbons (Fsp3) is 0.467. The molecule has 0 aliphatic heterocycles. The molecule has 0 spiro atoms. The molecule has 0 radical (unpaired) electrons. The van der Waals surface area contributed by atoms with Gasteiger partial charge in [-0.3, -0.25) is 10.1 Å². The minimum atomic E-state index is -0.447. The Labute approximate surface area is 120 Å². The Morgan fingerprint density at radius 3 is 2.20 bits per heavy atom. The van der Waals surface area contributed by atoms with Crippen LogP contribution < -0.4 is 16.0 Å². The van der Waals surface area contributed by atoms with Crippen LogP contribution in [0.2, 0.25) is 0 Å². The lowest BCUT2D eigenvalue weighted by molar-refractivity contribution is -0.710. The van der Waals surface area contributed by atoms with Gasteiger partial charge in [0.1, 0.15) is 6.04 Å². The Hall–Kier alpha value is -1.88. The topological polar surface area (TPSA) is 74.8 Å². The summed E-state index contributed by atoms with van der Waals surface area (Å²) in [5.41, 5.74) is 1.15. The first-order chi connectivity index (χ1) is 9.40. The van der Waals surface area contributed by atoms with Crippen LogP contribution in [0.5, 0.6) is 0 Å². The molecule has 1 rings (SSSR count). The number of hydrogen-bond acceptors (Lipinski definition) is 2. The van der Waals surface area contributed by atoms with E-state index < -0.39 is 6.03 Å². The maximum atomic E-state index is 11.9. The van der Waals surface area contributed by atoms with Crippen LogP contribution in [0.15, 0.2) is 30.3 Å². The SMILES string of the molecule is CC(C)NC(=O)NC(=O)[C@@H](C)[NH2+][C@@H](C)c1ccccc1. The lowest BCUT2D eigenvalue weighted by atomic mass is 10.1. The monoisotopic (exact) mass is 278 g/mol. The van der Waals surface area contributed by atoms with Gasteiger partial charge in [0, 0.05) is 11.6 Å². The van der Waals surface area contributed by atoms with Crippen LogP contribution in [0, 0.1) is 0 Å². The fourth-order valence-electron chi connectivity index (χ4n) is 1.91. The van der Waals surface area contributed by atoms with Gasteiger partial charge < -0.3 is 10.6 Å². The molecule has 0 aliphatic rings. The van der Waals surface area contributed by atoms with Crippen LogP contribution in [0.4, 0.5) is 4.79 Å². The standard InChI is InChI=1S/C15H23N3O2/c1-10(2)16-15(20)18-14(19)12(4)17-11(3)13-8-6-5-7-9-13/h5-12,17H,1-4H3,(H2,16,18,19,20)/p+1/t11-,12+/m0/s1. The van der Waals surface area contributed by atoms with Crippen LogP contribution in [-0.2, 0) is 4.79 Å². The first-order valence-corrected chi connectivity index (χ1v) is 6.91. The van der Waals surface area contributed by atoms with Crippen LogP contribution in [0.25, 0.3) is 0 Å². The molecule has 4 N–H and O–H groups in total. The second kappa shape index (κ2) is 7.65. The average molecular weight is 278 g/mol. The number of benzene rings is 1. The number of imide groups is 1. The summed E-state index contributed by atoms with van der Waals surface area (Å²) in [5, 5.41) is 6.91. The highest BCUT2D eigenvalue weighted by Crippen LogP contribution is 2.06. The molecule has 0 saturated carbocycles. The van der Waals surface area contributed by atoms with Gasteiger partial charge in [-0.1, -0.05) is 30.3 Å². The zero-order valence-corrected chi connectivity index (χ0v) is 12.5. The van der Waals surface area contributed by atoms with Gasteiger partial charge in [0.05, 0.1) is 0 Å². The largest absolute Gasteiger partial charge is 0.336 e. The van der Waals surface area contributed by atoms with E-state index in [1.165, 1.54) is 0 Å². The number of carbonyl (C=O) groups excluding carboxylic acids is 2. The van der Waals surface area contributed by atoms with Gasteiger partial charge in [0.15, 0.2) is 6.04 Å². The van der Waals surface area contributed by atoms with Crippen LogP contribution in [0.1, 0.15) is 39.3 Å². The number of urea groups is 1. The third kappa shape index (κ3) is 5.40. The molecule has 0 fully saturated rings. The summed E-state index contributed by atoms with van der Waals surface area (Å²) in [5.74, 6) is -0.286. The summed E-state index contributed by atoms with van der Waals surface area (Å²) >= 11 is 0. The van der Waals surface area contributed by atoms with Gasteiger partial charge in [0.25, 0.3) is 5.91 Å². The number of quaternary nitrogens is 1. The Balaban J connectivity index is 2.47. The van der Waals surface area contributed by atoms with E-state index in [-0.39, 0.29) is 24.0 Å². The number of hydrogen-bond donors (Lipinski definition) is 3. The summed E-state index contributed by atoms with van der Waals surface area (Å²) in [6.07, 6.45) is 0. The van der Waals surface area contributed by atoms with Gasteiger partial charge in [0.2, 0.25) is 0 Å². The van der Waals surface area contributed by atoms with Gasteiger partial charge in [-0.2, -0.15) is 0 Å². The summed E-state index contributed by atoms with van der Waals surface area (Å²) in [4.78, 5) is 23.4. The predicted molar refractivity (Wildman–Crippen MR) is 78.1 cm³/mol. The van der Waals surface area contributed by atoms with E-state index >= 15 is 0 Å². The van der Waals surface area contributed by atoms with Crippen molar-refractivity contribution in [1.29, 1.82) is 0 Å². The fourth-order valence-corrected chi connectivity index (χ4v) is 1.91. The first kappa shape index (κ1) is 16.2. The number of carbonyl (C=O) groups is 2. The van der Waals surface area contributed by atoms with Crippen molar-refractivity contribution in [3.63, 3.8) is 0 Å². The zero-order valence-electron chi connectivity index (χ0n) is 12.5. The van der Waals surface area contributed by atoms with Crippen molar-refractivity contribution in [1.82, 2.24) is 10.6 Å². The van der Waals surface area contributed by atoms with Crippen molar-refractivity contribution < 1.29 is 14.9 Å². The molecule has 3 amide bonds. The molecule has 0 aliphatic carbocycles. The van der Waals surface area contributed by atoms with Crippen LogP contribution in [-0.4, -0.2) is 24.0 Å². The summed E-state index contributed by atoms with van der Waals surface area (Å²) < 4.78 is 0. The molecule has 1 aromatic rings. The summed E-state index contributed by atoms with van der Waals surface area (Å²) in [6, 6.07) is 9.34. The smallest absolute Gasteiger partial charge is 0.321 e. The molecular formula is C15H24N3O2+. The second-order valence-corrected chi connectivity index (χ2v) is 5.30. The first-order valence-electron chi connectivity index (χ1n) is 6.91. The molecular weight excluding hydrogens is 254 g/mol. The number of rotatable bonds is 5. The normalized spacial score (nSPS) is 13.7. The predicted octanol–water partition coefficient (Wildman–Crippen LogP) is 0.934. The molecule has 0 heterocycles. The van der Waals surface area contributed by atoms with Crippen molar-refractivity contribution in [2.24, 2.45) is 0 Å². The third-order valence-corrected chi connectivity index (χ3v) is 2.97. The maximum Gasteiger partial charge on any atom is 0.321 e. The molecule has 2 atom stereocenters. The lowest BCUT2D eigenvalue weighted by Crippen LogP contribution is -2.92. The van der Waals surface area contributed by atoms with Crippen molar-refractivity contribution >= 4 is 11.9 Å². The van der Waals surface area contributed by atoms with E-state index in [1.807, 2.05) is 56.4 Å². The minimum absolute atomic E-state index is 0.00493. The van der Waals surface area contributed by atoms with Crippen molar-refractivity contribution in [2.45, 2.75) is 45.8 Å². The lowest BCUT2D eigenvalue weighted by Gasteiger charge is -2.17. The molecule has 0 saturated heterocycles. The molecule has 0 aromatic heterocycles. The number of nitrogens with one attached hydrogen (secondary N) is 2. The van der Waals surface area contributed by atoms with Crippen molar-refractivity contribution in [2.75, 3.05) is 0 Å². The number of amides is 3. The van der Waals surface area contributed by atoms with Crippen molar-refractivity contribution in [3.05, 3.63) is 35.9 Å². The average Bonchev–Trinajstić information content (AvgIpc) is 2.38. The maximum absolute atomic E-state index is 11.9. The van der Waals surface area contributed by atoms with E-state index in [0.29, 0.717) is 0 Å².